The molecule has 12 heavy (non-hydrogen) atoms. The maximum absolute atomic E-state index is 10.9. The van der Waals surface area contributed by atoms with Gasteiger partial charge in [0.15, 0.2) is 0 Å². The minimum Gasteiger partial charge on any atom is -0.312 e. The number of amides is 1. The van der Waals surface area contributed by atoms with Crippen molar-refractivity contribution in [1.29, 1.82) is 0 Å². The summed E-state index contributed by atoms with van der Waals surface area (Å²) < 4.78 is 1.61. The van der Waals surface area contributed by atoms with E-state index in [1.807, 2.05) is 0 Å². The molecule has 0 aliphatic rings. The van der Waals surface area contributed by atoms with Gasteiger partial charge < -0.3 is 5.32 Å². The second-order valence-electron chi connectivity index (χ2n) is 2.23. The van der Waals surface area contributed by atoms with Crippen molar-refractivity contribution in [3.8, 4) is 11.8 Å². The SMILES string of the molecule is CC#CC(=O)Nc1cnn(C)c1. The normalized spacial score (nSPS) is 8.50. The molecule has 0 saturated heterocycles. The molecular formula is C8H9N3O. The first-order valence-corrected chi connectivity index (χ1v) is 3.45. The quantitative estimate of drug-likeness (QED) is 0.608. The van der Waals surface area contributed by atoms with E-state index >= 15 is 0 Å². The number of hydrogen-bond donors (Lipinski definition) is 1. The first-order chi connectivity index (χ1) is 5.72. The van der Waals surface area contributed by atoms with Gasteiger partial charge in [-0.05, 0) is 12.8 Å². The first-order valence-electron chi connectivity index (χ1n) is 3.45. The molecule has 62 valence electrons. The molecule has 0 aliphatic heterocycles. The maximum Gasteiger partial charge on any atom is 0.300 e. The largest absolute Gasteiger partial charge is 0.312 e. The minimum absolute atomic E-state index is 0.314. The molecule has 1 amide bonds. The summed E-state index contributed by atoms with van der Waals surface area (Å²) in [6, 6.07) is 0. The van der Waals surface area contributed by atoms with E-state index in [0.29, 0.717) is 5.69 Å². The highest BCUT2D eigenvalue weighted by atomic mass is 16.1. The number of aryl methyl sites for hydroxylation is 1. The van der Waals surface area contributed by atoms with Crippen molar-refractivity contribution in [1.82, 2.24) is 9.78 Å². The van der Waals surface area contributed by atoms with Gasteiger partial charge in [-0.3, -0.25) is 9.48 Å². The molecule has 0 aromatic carbocycles. The summed E-state index contributed by atoms with van der Waals surface area (Å²) in [6.07, 6.45) is 3.27. The van der Waals surface area contributed by atoms with E-state index in [1.54, 1.807) is 31.0 Å². The lowest BCUT2D eigenvalue weighted by atomic mass is 10.5. The van der Waals surface area contributed by atoms with Gasteiger partial charge in [0.05, 0.1) is 11.9 Å². The second-order valence-corrected chi connectivity index (χ2v) is 2.23. The van der Waals surface area contributed by atoms with Crippen LogP contribution in [0.5, 0.6) is 0 Å². The number of aromatic nitrogens is 2. The van der Waals surface area contributed by atoms with Crippen molar-refractivity contribution < 1.29 is 4.79 Å². The Balaban J connectivity index is 2.62. The molecule has 0 radical (unpaired) electrons. The van der Waals surface area contributed by atoms with Crippen molar-refractivity contribution in [3.05, 3.63) is 12.4 Å². The number of carbonyl (C=O) groups excluding carboxylic acids is 1. The van der Waals surface area contributed by atoms with E-state index in [4.69, 9.17) is 0 Å². The van der Waals surface area contributed by atoms with Crippen LogP contribution in [0.15, 0.2) is 12.4 Å². The molecule has 4 heteroatoms. The minimum atomic E-state index is -0.314. The molecule has 1 rings (SSSR count). The van der Waals surface area contributed by atoms with Gasteiger partial charge in [0.25, 0.3) is 5.91 Å². The van der Waals surface area contributed by atoms with Crippen LogP contribution < -0.4 is 5.32 Å². The fourth-order valence-corrected chi connectivity index (χ4v) is 0.762. The van der Waals surface area contributed by atoms with Gasteiger partial charge in [-0.1, -0.05) is 5.92 Å². The van der Waals surface area contributed by atoms with E-state index < -0.39 is 0 Å². The van der Waals surface area contributed by atoms with Crippen molar-refractivity contribution >= 4 is 11.6 Å². The van der Waals surface area contributed by atoms with Crippen LogP contribution in [0.4, 0.5) is 5.69 Å². The molecule has 1 N–H and O–H groups in total. The van der Waals surface area contributed by atoms with Crippen LogP contribution >= 0.6 is 0 Å². The Morgan fingerprint density at radius 3 is 3.00 bits per heavy atom. The molecule has 0 saturated carbocycles. The Hall–Kier alpha value is -1.76. The predicted molar refractivity (Wildman–Crippen MR) is 45.3 cm³/mol. The molecule has 0 fully saturated rings. The zero-order valence-corrected chi connectivity index (χ0v) is 6.96. The number of nitrogens with zero attached hydrogens (tertiary/aromatic N) is 2. The fraction of sp³-hybridized carbons (Fsp3) is 0.250. The average molecular weight is 163 g/mol. The zero-order valence-electron chi connectivity index (χ0n) is 6.96. The Morgan fingerprint density at radius 2 is 2.50 bits per heavy atom. The number of rotatable bonds is 1. The van der Waals surface area contributed by atoms with Crippen LogP contribution in [0.3, 0.4) is 0 Å². The molecule has 4 nitrogen and oxygen atoms in total. The van der Waals surface area contributed by atoms with Crippen molar-refractivity contribution in [2.75, 3.05) is 5.32 Å². The van der Waals surface area contributed by atoms with Crippen LogP contribution in [-0.2, 0) is 11.8 Å². The number of nitrogens with one attached hydrogen (secondary N) is 1. The third-order valence-electron chi connectivity index (χ3n) is 1.20. The number of anilines is 1. The average Bonchev–Trinajstić information content (AvgIpc) is 2.36. The summed E-state index contributed by atoms with van der Waals surface area (Å²) in [6.45, 7) is 1.61. The predicted octanol–water partition coefficient (Wildman–Crippen LogP) is 0.382. The lowest BCUT2D eigenvalue weighted by Crippen LogP contribution is -2.07. The third-order valence-corrected chi connectivity index (χ3v) is 1.20. The highest BCUT2D eigenvalue weighted by Crippen LogP contribution is 2.01. The topological polar surface area (TPSA) is 46.9 Å². The van der Waals surface area contributed by atoms with Crippen molar-refractivity contribution in [2.45, 2.75) is 6.92 Å². The summed E-state index contributed by atoms with van der Waals surface area (Å²) in [4.78, 5) is 10.9. The van der Waals surface area contributed by atoms with Gasteiger partial charge in [0.2, 0.25) is 0 Å². The number of carbonyl (C=O) groups is 1. The summed E-state index contributed by atoms with van der Waals surface area (Å²) in [7, 11) is 1.78. The van der Waals surface area contributed by atoms with E-state index in [2.05, 4.69) is 22.3 Å². The van der Waals surface area contributed by atoms with Crippen LogP contribution in [-0.4, -0.2) is 15.7 Å². The molecule has 0 aliphatic carbocycles. The highest BCUT2D eigenvalue weighted by molar-refractivity contribution is 6.03. The van der Waals surface area contributed by atoms with Gasteiger partial charge >= 0.3 is 0 Å². The standard InChI is InChI=1S/C8H9N3O/c1-3-4-8(12)10-7-5-9-11(2)6-7/h5-6H,1-2H3,(H,10,12). The summed E-state index contributed by atoms with van der Waals surface area (Å²) in [5.74, 6) is 4.56. The molecule has 0 bridgehead atoms. The van der Waals surface area contributed by atoms with Gasteiger partial charge in [-0.15, -0.1) is 0 Å². The van der Waals surface area contributed by atoms with E-state index in [1.165, 1.54) is 0 Å². The van der Waals surface area contributed by atoms with E-state index in [-0.39, 0.29) is 5.91 Å². The summed E-state index contributed by atoms with van der Waals surface area (Å²) >= 11 is 0. The van der Waals surface area contributed by atoms with Crippen molar-refractivity contribution in [3.63, 3.8) is 0 Å². The molecule has 0 spiro atoms. The molecule has 1 aromatic heterocycles. The number of hydrogen-bond acceptors (Lipinski definition) is 2. The van der Waals surface area contributed by atoms with Crippen LogP contribution in [0.2, 0.25) is 0 Å². The van der Waals surface area contributed by atoms with Gasteiger partial charge in [0, 0.05) is 13.2 Å². The Morgan fingerprint density at radius 1 is 1.75 bits per heavy atom. The smallest absolute Gasteiger partial charge is 0.300 e. The summed E-state index contributed by atoms with van der Waals surface area (Å²) in [5.41, 5.74) is 0.658. The molecular weight excluding hydrogens is 154 g/mol. The Bertz CT molecular complexity index is 343. The molecule has 0 atom stereocenters. The fourth-order valence-electron chi connectivity index (χ4n) is 0.762. The second kappa shape index (κ2) is 3.58. The highest BCUT2D eigenvalue weighted by Gasteiger charge is 1.98. The molecule has 1 aromatic rings. The molecule has 1 heterocycles. The zero-order chi connectivity index (χ0) is 8.97. The van der Waals surface area contributed by atoms with Crippen molar-refractivity contribution in [2.24, 2.45) is 7.05 Å². The first kappa shape index (κ1) is 8.34. The lowest BCUT2D eigenvalue weighted by molar-refractivity contribution is -0.111. The Labute approximate surface area is 70.6 Å². The van der Waals surface area contributed by atoms with Gasteiger partial charge in [0.1, 0.15) is 0 Å². The van der Waals surface area contributed by atoms with Crippen LogP contribution in [0.25, 0.3) is 0 Å². The third kappa shape index (κ3) is 2.13. The lowest BCUT2D eigenvalue weighted by Gasteiger charge is -1.92. The van der Waals surface area contributed by atoms with E-state index in [0.717, 1.165) is 0 Å². The van der Waals surface area contributed by atoms with E-state index in [9.17, 15) is 4.79 Å². The monoisotopic (exact) mass is 163 g/mol. The van der Waals surface area contributed by atoms with Crippen LogP contribution in [0.1, 0.15) is 6.92 Å². The molecule has 0 unspecified atom stereocenters. The van der Waals surface area contributed by atoms with Gasteiger partial charge in [-0.25, -0.2) is 0 Å². The van der Waals surface area contributed by atoms with Crippen LogP contribution in [0, 0.1) is 11.8 Å². The Kier molecular flexibility index (Phi) is 2.49. The van der Waals surface area contributed by atoms with Gasteiger partial charge in [-0.2, -0.15) is 5.10 Å². The summed E-state index contributed by atoms with van der Waals surface area (Å²) in [5, 5.41) is 6.45. The maximum atomic E-state index is 10.9.